The van der Waals surface area contributed by atoms with Crippen LogP contribution in [0.3, 0.4) is 0 Å². The molecular formula is C16H20N6O2S2. The first-order valence-electron chi connectivity index (χ1n) is 8.57. The molecule has 0 radical (unpaired) electrons. The number of tetrazole rings is 1. The van der Waals surface area contributed by atoms with E-state index < -0.39 is 0 Å². The van der Waals surface area contributed by atoms with E-state index in [1.54, 1.807) is 16.0 Å². The molecule has 1 N–H and O–H groups in total. The number of hydrogen-bond donors (Lipinski definition) is 1. The number of H-pyrrole nitrogens is 1. The van der Waals surface area contributed by atoms with Crippen LogP contribution in [0.2, 0.25) is 0 Å². The summed E-state index contributed by atoms with van der Waals surface area (Å²) < 4.78 is 7.44. The molecule has 0 bridgehead atoms. The first-order chi connectivity index (χ1) is 12.5. The topological polar surface area (TPSA) is 98.6 Å². The molecule has 8 nitrogen and oxygen atoms in total. The third kappa shape index (κ3) is 3.28. The van der Waals surface area contributed by atoms with Crippen molar-refractivity contribution in [3.8, 4) is 0 Å². The van der Waals surface area contributed by atoms with Gasteiger partial charge in [0.2, 0.25) is 5.16 Å². The molecule has 4 rings (SSSR count). The van der Waals surface area contributed by atoms with Gasteiger partial charge in [0.05, 0.1) is 23.3 Å². The highest BCUT2D eigenvalue weighted by Gasteiger charge is 2.22. The maximum Gasteiger partial charge on any atom is 0.259 e. The summed E-state index contributed by atoms with van der Waals surface area (Å²) in [6, 6.07) is 0. The van der Waals surface area contributed by atoms with Gasteiger partial charge < -0.3 is 9.72 Å². The molecular weight excluding hydrogens is 372 g/mol. The molecule has 1 saturated heterocycles. The molecule has 3 aromatic rings. The summed E-state index contributed by atoms with van der Waals surface area (Å²) in [4.78, 5) is 22.0. The number of rotatable bonds is 5. The van der Waals surface area contributed by atoms with E-state index in [2.05, 4.69) is 25.5 Å². The second kappa shape index (κ2) is 7.09. The van der Waals surface area contributed by atoms with E-state index in [1.807, 2.05) is 20.8 Å². The van der Waals surface area contributed by atoms with Gasteiger partial charge in [-0.15, -0.1) is 16.4 Å². The lowest BCUT2D eigenvalue weighted by Crippen LogP contribution is -2.17. The minimum atomic E-state index is -0.0850. The summed E-state index contributed by atoms with van der Waals surface area (Å²) >= 11 is 3.04. The first kappa shape index (κ1) is 17.6. The monoisotopic (exact) mass is 392 g/mol. The summed E-state index contributed by atoms with van der Waals surface area (Å²) in [6.45, 7) is 7.42. The largest absolute Gasteiger partial charge is 0.376 e. The van der Waals surface area contributed by atoms with Crippen LogP contribution in [0.5, 0.6) is 0 Å². The summed E-state index contributed by atoms with van der Waals surface area (Å²) in [5.41, 5.74) is 0.921. The fourth-order valence-electron chi connectivity index (χ4n) is 3.05. The number of nitrogens with one attached hydrogen (secondary N) is 1. The number of aryl methyl sites for hydroxylation is 2. The van der Waals surface area contributed by atoms with Crippen LogP contribution in [0.1, 0.15) is 41.3 Å². The van der Waals surface area contributed by atoms with Gasteiger partial charge in [-0.3, -0.25) is 4.79 Å². The van der Waals surface area contributed by atoms with Crippen molar-refractivity contribution in [1.82, 2.24) is 30.2 Å². The molecule has 1 aliphatic rings. The van der Waals surface area contributed by atoms with E-state index in [-0.39, 0.29) is 16.9 Å². The van der Waals surface area contributed by atoms with E-state index in [1.165, 1.54) is 11.8 Å². The number of thiophene rings is 1. The molecule has 3 aromatic heterocycles. The van der Waals surface area contributed by atoms with E-state index in [9.17, 15) is 4.79 Å². The minimum absolute atomic E-state index is 0.0796. The maximum atomic E-state index is 12.5. The van der Waals surface area contributed by atoms with E-state index in [4.69, 9.17) is 4.74 Å². The van der Waals surface area contributed by atoms with Crippen molar-refractivity contribution in [3.63, 3.8) is 0 Å². The Kier molecular flexibility index (Phi) is 4.80. The van der Waals surface area contributed by atoms with Gasteiger partial charge in [0.25, 0.3) is 5.56 Å². The number of thioether (sulfide) groups is 1. The van der Waals surface area contributed by atoms with Crippen molar-refractivity contribution in [2.75, 3.05) is 6.61 Å². The highest BCUT2D eigenvalue weighted by Crippen LogP contribution is 2.33. The number of aromatic amines is 1. The predicted molar refractivity (Wildman–Crippen MR) is 101 cm³/mol. The molecule has 0 unspecified atom stereocenters. The van der Waals surface area contributed by atoms with E-state index in [0.29, 0.717) is 22.9 Å². The molecule has 4 heterocycles. The number of hydrogen-bond acceptors (Lipinski definition) is 8. The van der Waals surface area contributed by atoms with Crippen molar-refractivity contribution in [1.29, 1.82) is 0 Å². The number of fused-ring (bicyclic) bond motifs is 1. The second-order valence-electron chi connectivity index (χ2n) is 6.45. The standard InChI is InChI=1S/C16H20N6O2S2/c1-8-9(2)25-15-12(8)14(23)17-13(18-15)10(3)26-16-19-20-21-22(16)7-11-5-4-6-24-11/h10-11H,4-7H2,1-3H3,(H,17,18,23)/t10-,11+/m0/s1. The highest BCUT2D eigenvalue weighted by molar-refractivity contribution is 7.99. The quantitative estimate of drug-likeness (QED) is 0.666. The van der Waals surface area contributed by atoms with Crippen LogP contribution in [0.15, 0.2) is 9.95 Å². The fraction of sp³-hybridized carbons (Fsp3) is 0.562. The third-order valence-electron chi connectivity index (χ3n) is 4.62. The Morgan fingerprint density at radius 1 is 1.46 bits per heavy atom. The summed E-state index contributed by atoms with van der Waals surface area (Å²) in [6.07, 6.45) is 2.28. The van der Waals surface area contributed by atoms with Crippen LogP contribution < -0.4 is 5.56 Å². The highest BCUT2D eigenvalue weighted by atomic mass is 32.2. The Hall–Kier alpha value is -1.78. The molecule has 1 fully saturated rings. The Morgan fingerprint density at radius 3 is 3.08 bits per heavy atom. The lowest BCUT2D eigenvalue weighted by molar-refractivity contribution is 0.0911. The zero-order valence-electron chi connectivity index (χ0n) is 14.9. The molecule has 0 spiro atoms. The minimum Gasteiger partial charge on any atom is -0.376 e. The van der Waals surface area contributed by atoms with Gasteiger partial charge in [0.15, 0.2) is 0 Å². The lowest BCUT2D eigenvalue weighted by atomic mass is 10.2. The third-order valence-corrected chi connectivity index (χ3v) is 6.81. The van der Waals surface area contributed by atoms with Gasteiger partial charge in [-0.05, 0) is 49.6 Å². The smallest absolute Gasteiger partial charge is 0.259 e. The van der Waals surface area contributed by atoms with Gasteiger partial charge in [0, 0.05) is 11.5 Å². The zero-order chi connectivity index (χ0) is 18.3. The van der Waals surface area contributed by atoms with Crippen molar-refractivity contribution in [2.24, 2.45) is 0 Å². The van der Waals surface area contributed by atoms with Gasteiger partial charge >= 0.3 is 0 Å². The average Bonchev–Trinajstić information content (AvgIpc) is 3.32. The molecule has 0 amide bonds. The fourth-order valence-corrected chi connectivity index (χ4v) is 4.95. The number of aromatic nitrogens is 6. The Morgan fingerprint density at radius 2 is 2.31 bits per heavy atom. The van der Waals surface area contributed by atoms with Crippen molar-refractivity contribution in [3.05, 3.63) is 26.6 Å². The Labute approximate surface area is 158 Å². The van der Waals surface area contributed by atoms with Crippen LogP contribution in [-0.2, 0) is 11.3 Å². The Balaban J connectivity index is 1.57. The molecule has 2 atom stereocenters. The van der Waals surface area contributed by atoms with Crippen molar-refractivity contribution in [2.45, 2.75) is 56.7 Å². The van der Waals surface area contributed by atoms with Crippen LogP contribution in [0.4, 0.5) is 0 Å². The SMILES string of the molecule is Cc1sc2nc([C@H](C)Sc3nnnn3C[C@H]3CCCO3)[nH]c(=O)c2c1C. The number of nitrogens with zero attached hydrogens (tertiary/aromatic N) is 5. The second-order valence-corrected chi connectivity index (χ2v) is 8.96. The molecule has 26 heavy (non-hydrogen) atoms. The van der Waals surface area contributed by atoms with Crippen LogP contribution in [-0.4, -0.2) is 42.9 Å². The van der Waals surface area contributed by atoms with Crippen LogP contribution >= 0.6 is 23.1 Å². The maximum absolute atomic E-state index is 12.5. The van der Waals surface area contributed by atoms with Crippen LogP contribution in [0.25, 0.3) is 10.2 Å². The summed E-state index contributed by atoms with van der Waals surface area (Å²) in [5.74, 6) is 0.639. The number of ether oxygens (including phenoxy) is 1. The predicted octanol–water partition coefficient (Wildman–Crippen LogP) is 2.62. The normalized spacial score (nSPS) is 18.7. The molecule has 0 aliphatic carbocycles. The van der Waals surface area contributed by atoms with Crippen molar-refractivity contribution >= 4 is 33.3 Å². The molecule has 0 saturated carbocycles. The van der Waals surface area contributed by atoms with Gasteiger partial charge in [0.1, 0.15) is 10.7 Å². The first-order valence-corrected chi connectivity index (χ1v) is 10.3. The van der Waals surface area contributed by atoms with Crippen LogP contribution in [0, 0.1) is 13.8 Å². The van der Waals surface area contributed by atoms with Gasteiger partial charge in [-0.1, -0.05) is 11.8 Å². The summed E-state index contributed by atoms with van der Waals surface area (Å²) in [5, 5.41) is 13.3. The molecule has 1 aliphatic heterocycles. The summed E-state index contributed by atoms with van der Waals surface area (Å²) in [7, 11) is 0. The van der Waals surface area contributed by atoms with E-state index >= 15 is 0 Å². The average molecular weight is 393 g/mol. The lowest BCUT2D eigenvalue weighted by Gasteiger charge is -2.12. The van der Waals surface area contributed by atoms with Crippen molar-refractivity contribution < 1.29 is 4.74 Å². The van der Waals surface area contributed by atoms with Gasteiger partial charge in [-0.25, -0.2) is 9.67 Å². The Bertz CT molecular complexity index is 988. The molecule has 10 heteroatoms. The molecule has 138 valence electrons. The zero-order valence-corrected chi connectivity index (χ0v) is 16.5. The molecule has 0 aromatic carbocycles. The van der Waals surface area contributed by atoms with E-state index in [0.717, 1.165) is 34.7 Å². The van der Waals surface area contributed by atoms with Gasteiger partial charge in [-0.2, -0.15) is 0 Å².